The molecule has 0 aromatic heterocycles. The Labute approximate surface area is 122 Å². The maximum absolute atomic E-state index is 12.1. The van der Waals surface area contributed by atoms with Gasteiger partial charge in [-0.05, 0) is 30.2 Å². The molecule has 2 rings (SSSR count). The van der Waals surface area contributed by atoms with E-state index in [0.29, 0.717) is 11.3 Å². The number of piperazine rings is 1. The molecule has 1 fully saturated rings. The molecule has 1 saturated heterocycles. The lowest BCUT2D eigenvalue weighted by atomic mass is 10.1. The van der Waals surface area contributed by atoms with E-state index < -0.39 is 17.7 Å². The van der Waals surface area contributed by atoms with E-state index in [1.54, 1.807) is 19.2 Å². The van der Waals surface area contributed by atoms with E-state index in [-0.39, 0.29) is 12.2 Å². The molecule has 1 aromatic rings. The first-order chi connectivity index (χ1) is 9.92. The highest BCUT2D eigenvalue weighted by atomic mass is 16.5. The molecule has 1 heterocycles. The number of hydrogen-bond donors (Lipinski definition) is 1. The fraction of sp³-hybridized carbons (Fsp3) is 0.267. The molecule has 0 radical (unpaired) electrons. The van der Waals surface area contributed by atoms with Crippen LogP contribution >= 0.6 is 0 Å². The molecule has 1 aliphatic rings. The summed E-state index contributed by atoms with van der Waals surface area (Å²) < 4.78 is 5.22. The SMILES string of the molecule is COc1cc(/C=C2/NC(=O)CN(C(C)=O)C2=O)ccc1C. The maximum Gasteiger partial charge on any atom is 0.277 e. The standard InChI is InChI=1S/C15H16N2O4/c1-9-4-5-11(7-13(9)21-3)6-12-15(20)17(10(2)18)8-14(19)16-12/h4-7H,8H2,1-3H3,(H,16,19)/b12-6+. The van der Waals surface area contributed by atoms with E-state index >= 15 is 0 Å². The van der Waals surface area contributed by atoms with Crippen LogP contribution in [0.3, 0.4) is 0 Å². The summed E-state index contributed by atoms with van der Waals surface area (Å²) in [5.41, 5.74) is 1.74. The molecule has 0 saturated carbocycles. The molecule has 110 valence electrons. The van der Waals surface area contributed by atoms with Gasteiger partial charge in [0.25, 0.3) is 5.91 Å². The van der Waals surface area contributed by atoms with Gasteiger partial charge in [0, 0.05) is 6.92 Å². The highest BCUT2D eigenvalue weighted by molar-refractivity contribution is 6.12. The molecule has 0 aliphatic carbocycles. The molecule has 6 heteroatoms. The smallest absolute Gasteiger partial charge is 0.277 e. The van der Waals surface area contributed by atoms with E-state index in [4.69, 9.17) is 4.74 Å². The fourth-order valence-electron chi connectivity index (χ4n) is 2.05. The molecule has 6 nitrogen and oxygen atoms in total. The largest absolute Gasteiger partial charge is 0.496 e. The minimum absolute atomic E-state index is 0.0763. The number of aryl methyl sites for hydroxylation is 1. The van der Waals surface area contributed by atoms with Gasteiger partial charge in [0.15, 0.2) is 0 Å². The summed E-state index contributed by atoms with van der Waals surface area (Å²) in [6.45, 7) is 2.91. The molecule has 1 aliphatic heterocycles. The van der Waals surface area contributed by atoms with E-state index in [0.717, 1.165) is 10.5 Å². The van der Waals surface area contributed by atoms with E-state index in [1.807, 2.05) is 13.0 Å². The summed E-state index contributed by atoms with van der Waals surface area (Å²) in [6.07, 6.45) is 1.53. The summed E-state index contributed by atoms with van der Waals surface area (Å²) in [5, 5.41) is 2.49. The Morgan fingerprint density at radius 1 is 1.38 bits per heavy atom. The number of carbonyl (C=O) groups excluding carboxylic acids is 3. The zero-order chi connectivity index (χ0) is 15.6. The number of hydrogen-bond acceptors (Lipinski definition) is 4. The van der Waals surface area contributed by atoms with Crippen LogP contribution in [0.2, 0.25) is 0 Å². The second-order valence-corrected chi connectivity index (χ2v) is 4.75. The Balaban J connectivity index is 2.37. The van der Waals surface area contributed by atoms with Crippen molar-refractivity contribution in [3.8, 4) is 5.75 Å². The van der Waals surface area contributed by atoms with Crippen LogP contribution in [0.4, 0.5) is 0 Å². The van der Waals surface area contributed by atoms with E-state index in [9.17, 15) is 14.4 Å². The fourth-order valence-corrected chi connectivity index (χ4v) is 2.05. The number of amides is 3. The van der Waals surface area contributed by atoms with Gasteiger partial charge < -0.3 is 10.1 Å². The van der Waals surface area contributed by atoms with Crippen LogP contribution in [-0.2, 0) is 14.4 Å². The van der Waals surface area contributed by atoms with Crippen LogP contribution in [0, 0.1) is 6.92 Å². The average molecular weight is 288 g/mol. The zero-order valence-electron chi connectivity index (χ0n) is 12.1. The summed E-state index contributed by atoms with van der Waals surface area (Å²) in [4.78, 5) is 36.0. The van der Waals surface area contributed by atoms with Crippen LogP contribution in [0.15, 0.2) is 23.9 Å². The normalized spacial score (nSPS) is 16.9. The molecule has 0 unspecified atom stereocenters. The third kappa shape index (κ3) is 3.10. The summed E-state index contributed by atoms with van der Waals surface area (Å²) in [6, 6.07) is 5.41. The number of methoxy groups -OCH3 is 1. The van der Waals surface area contributed by atoms with Gasteiger partial charge in [0.1, 0.15) is 18.0 Å². The molecule has 0 spiro atoms. The van der Waals surface area contributed by atoms with Crippen LogP contribution < -0.4 is 10.1 Å². The lowest BCUT2D eigenvalue weighted by Crippen LogP contribution is -2.51. The van der Waals surface area contributed by atoms with Crippen molar-refractivity contribution in [2.45, 2.75) is 13.8 Å². The van der Waals surface area contributed by atoms with Crippen molar-refractivity contribution in [3.63, 3.8) is 0 Å². The van der Waals surface area contributed by atoms with Crippen molar-refractivity contribution in [2.75, 3.05) is 13.7 Å². The first-order valence-electron chi connectivity index (χ1n) is 6.41. The van der Waals surface area contributed by atoms with Gasteiger partial charge in [-0.15, -0.1) is 0 Å². The van der Waals surface area contributed by atoms with Crippen molar-refractivity contribution in [1.82, 2.24) is 10.2 Å². The minimum Gasteiger partial charge on any atom is -0.496 e. The Hall–Kier alpha value is -2.63. The number of nitrogens with zero attached hydrogens (tertiary/aromatic N) is 1. The third-order valence-corrected chi connectivity index (χ3v) is 3.17. The van der Waals surface area contributed by atoms with Crippen molar-refractivity contribution in [3.05, 3.63) is 35.0 Å². The first kappa shape index (κ1) is 14.8. The molecule has 1 aromatic carbocycles. The number of carbonyl (C=O) groups is 3. The molecule has 3 amide bonds. The van der Waals surface area contributed by atoms with Crippen molar-refractivity contribution in [1.29, 1.82) is 0 Å². The highest BCUT2D eigenvalue weighted by Gasteiger charge is 2.30. The van der Waals surface area contributed by atoms with Crippen LogP contribution in [-0.4, -0.2) is 36.3 Å². The Morgan fingerprint density at radius 2 is 2.10 bits per heavy atom. The lowest BCUT2D eigenvalue weighted by Gasteiger charge is -2.25. The number of rotatable bonds is 2. The van der Waals surface area contributed by atoms with Crippen molar-refractivity contribution >= 4 is 23.8 Å². The van der Waals surface area contributed by atoms with Gasteiger partial charge in [-0.1, -0.05) is 12.1 Å². The summed E-state index contributed by atoms with van der Waals surface area (Å²) >= 11 is 0. The van der Waals surface area contributed by atoms with E-state index in [1.165, 1.54) is 13.0 Å². The predicted molar refractivity (Wildman–Crippen MR) is 76.2 cm³/mol. The van der Waals surface area contributed by atoms with Gasteiger partial charge in [-0.25, -0.2) is 0 Å². The van der Waals surface area contributed by atoms with E-state index in [2.05, 4.69) is 5.32 Å². The summed E-state index contributed by atoms with van der Waals surface area (Å²) in [5.74, 6) is -0.679. The van der Waals surface area contributed by atoms with Gasteiger partial charge in [-0.3, -0.25) is 19.3 Å². The van der Waals surface area contributed by atoms with Gasteiger partial charge in [0.2, 0.25) is 11.8 Å². The number of nitrogens with one attached hydrogen (secondary N) is 1. The van der Waals surface area contributed by atoms with Gasteiger partial charge >= 0.3 is 0 Å². The number of ether oxygens (including phenoxy) is 1. The van der Waals surface area contributed by atoms with Crippen LogP contribution in [0.5, 0.6) is 5.75 Å². The Morgan fingerprint density at radius 3 is 2.71 bits per heavy atom. The molecular formula is C15H16N2O4. The topological polar surface area (TPSA) is 75.7 Å². The van der Waals surface area contributed by atoms with Gasteiger partial charge in [-0.2, -0.15) is 0 Å². The van der Waals surface area contributed by atoms with Crippen LogP contribution in [0.1, 0.15) is 18.1 Å². The van der Waals surface area contributed by atoms with Crippen molar-refractivity contribution in [2.24, 2.45) is 0 Å². The van der Waals surface area contributed by atoms with Gasteiger partial charge in [0.05, 0.1) is 7.11 Å². The van der Waals surface area contributed by atoms with Crippen LogP contribution in [0.25, 0.3) is 6.08 Å². The Kier molecular flexibility index (Phi) is 4.07. The second kappa shape index (κ2) is 5.78. The molecular weight excluding hydrogens is 272 g/mol. The molecule has 21 heavy (non-hydrogen) atoms. The monoisotopic (exact) mass is 288 g/mol. The zero-order valence-corrected chi connectivity index (χ0v) is 12.1. The molecule has 0 atom stereocenters. The molecule has 1 N–H and O–H groups in total. The molecule has 0 bridgehead atoms. The predicted octanol–water partition coefficient (Wildman–Crippen LogP) is 0.849. The average Bonchev–Trinajstić information content (AvgIpc) is 2.44. The maximum atomic E-state index is 12.1. The number of benzene rings is 1. The quantitative estimate of drug-likeness (QED) is 0.819. The minimum atomic E-state index is -0.512. The van der Waals surface area contributed by atoms with Crippen molar-refractivity contribution < 1.29 is 19.1 Å². The lowest BCUT2D eigenvalue weighted by molar-refractivity contribution is -0.147. The first-order valence-corrected chi connectivity index (χ1v) is 6.41. The Bertz CT molecular complexity index is 649. The second-order valence-electron chi connectivity index (χ2n) is 4.75. The third-order valence-electron chi connectivity index (χ3n) is 3.17. The highest BCUT2D eigenvalue weighted by Crippen LogP contribution is 2.21. The number of imide groups is 1. The summed E-state index contributed by atoms with van der Waals surface area (Å²) in [7, 11) is 1.56.